The lowest BCUT2D eigenvalue weighted by atomic mass is 9.97. The first kappa shape index (κ1) is 16.7. The van der Waals surface area contributed by atoms with Gasteiger partial charge in [0.2, 0.25) is 0 Å². The van der Waals surface area contributed by atoms with E-state index in [1.165, 1.54) is 6.07 Å². The number of hydrogen-bond acceptors (Lipinski definition) is 2. The fourth-order valence-corrected chi connectivity index (χ4v) is 2.73. The Morgan fingerprint density at radius 3 is 2.86 bits per heavy atom. The van der Waals surface area contributed by atoms with Gasteiger partial charge in [0, 0.05) is 25.2 Å². The summed E-state index contributed by atoms with van der Waals surface area (Å²) in [5.41, 5.74) is -0.0219. The third kappa shape index (κ3) is 4.66. The molecule has 0 saturated carbocycles. The summed E-state index contributed by atoms with van der Waals surface area (Å²) >= 11 is 0. The molecule has 1 atom stereocenters. The topological polar surface area (TPSA) is 44.4 Å². The highest BCUT2D eigenvalue weighted by molar-refractivity contribution is 5.89. The monoisotopic (exact) mass is 311 g/mol. The van der Waals surface area contributed by atoms with Crippen LogP contribution in [0.3, 0.4) is 0 Å². The summed E-state index contributed by atoms with van der Waals surface area (Å²) in [6, 6.07) is 3.11. The van der Waals surface area contributed by atoms with Crippen LogP contribution in [0, 0.1) is 17.6 Å². The number of rotatable bonds is 4. The number of urea groups is 1. The van der Waals surface area contributed by atoms with E-state index in [4.69, 9.17) is 0 Å². The van der Waals surface area contributed by atoms with Crippen LogP contribution in [0.25, 0.3) is 0 Å². The molecule has 2 amide bonds. The summed E-state index contributed by atoms with van der Waals surface area (Å²) in [6.07, 6.45) is 2.20. The van der Waals surface area contributed by atoms with Crippen LogP contribution in [0.15, 0.2) is 18.2 Å². The molecular weight excluding hydrogens is 288 g/mol. The molecule has 22 heavy (non-hydrogen) atoms. The third-order valence-electron chi connectivity index (χ3n) is 4.01. The van der Waals surface area contributed by atoms with Crippen molar-refractivity contribution in [3.63, 3.8) is 0 Å². The van der Waals surface area contributed by atoms with Crippen LogP contribution in [0.5, 0.6) is 0 Å². The number of nitrogens with one attached hydrogen (secondary N) is 2. The third-order valence-corrected chi connectivity index (χ3v) is 4.01. The minimum Gasteiger partial charge on any atom is -0.338 e. The maximum Gasteiger partial charge on any atom is 0.319 e. The first-order valence-corrected chi connectivity index (χ1v) is 7.69. The average molecular weight is 311 g/mol. The quantitative estimate of drug-likeness (QED) is 0.897. The molecule has 0 aliphatic carbocycles. The van der Waals surface area contributed by atoms with Crippen molar-refractivity contribution in [2.45, 2.75) is 32.7 Å². The highest BCUT2D eigenvalue weighted by Crippen LogP contribution is 2.18. The lowest BCUT2D eigenvalue weighted by Gasteiger charge is -2.35. The number of carbonyl (C=O) groups excluding carboxylic acids is 1. The molecule has 1 aromatic carbocycles. The molecule has 4 nitrogen and oxygen atoms in total. The van der Waals surface area contributed by atoms with Crippen LogP contribution < -0.4 is 10.6 Å². The van der Waals surface area contributed by atoms with E-state index in [1.54, 1.807) is 0 Å². The SMILES string of the molecule is CC(C)N1CCCC(CNC(=O)Nc2ccc(F)cc2F)C1. The molecule has 0 spiro atoms. The molecule has 1 aromatic rings. The van der Waals surface area contributed by atoms with E-state index in [0.29, 0.717) is 18.5 Å². The molecule has 1 unspecified atom stereocenters. The predicted molar refractivity (Wildman–Crippen MR) is 82.8 cm³/mol. The lowest BCUT2D eigenvalue weighted by molar-refractivity contribution is 0.139. The highest BCUT2D eigenvalue weighted by Gasteiger charge is 2.22. The van der Waals surface area contributed by atoms with Gasteiger partial charge < -0.3 is 15.5 Å². The predicted octanol–water partition coefficient (Wildman–Crippen LogP) is 3.21. The molecule has 2 rings (SSSR count). The molecule has 1 aliphatic rings. The van der Waals surface area contributed by atoms with Gasteiger partial charge in [-0.05, 0) is 51.3 Å². The van der Waals surface area contributed by atoms with E-state index >= 15 is 0 Å². The van der Waals surface area contributed by atoms with Crippen molar-refractivity contribution in [1.29, 1.82) is 0 Å². The number of halogens is 2. The second-order valence-corrected chi connectivity index (χ2v) is 6.06. The molecule has 6 heteroatoms. The van der Waals surface area contributed by atoms with Crippen LogP contribution in [-0.2, 0) is 0 Å². The summed E-state index contributed by atoms with van der Waals surface area (Å²) in [5, 5.41) is 5.17. The number of carbonyl (C=O) groups is 1. The number of anilines is 1. The number of likely N-dealkylation sites (tertiary alicyclic amines) is 1. The van der Waals surface area contributed by atoms with Crippen LogP contribution >= 0.6 is 0 Å². The summed E-state index contributed by atoms with van der Waals surface area (Å²) < 4.78 is 26.3. The Morgan fingerprint density at radius 1 is 1.41 bits per heavy atom. The largest absolute Gasteiger partial charge is 0.338 e. The van der Waals surface area contributed by atoms with Crippen molar-refractivity contribution in [3.8, 4) is 0 Å². The minimum atomic E-state index is -0.779. The second-order valence-electron chi connectivity index (χ2n) is 6.06. The Balaban J connectivity index is 1.80. The summed E-state index contributed by atoms with van der Waals surface area (Å²) in [5.74, 6) is -1.04. The second kappa shape index (κ2) is 7.54. The zero-order valence-corrected chi connectivity index (χ0v) is 13.0. The minimum absolute atomic E-state index is 0.0219. The smallest absolute Gasteiger partial charge is 0.319 e. The van der Waals surface area contributed by atoms with Crippen LogP contribution in [0.2, 0.25) is 0 Å². The standard InChI is InChI=1S/C16H23F2N3O/c1-11(2)21-7-3-4-12(10-21)9-19-16(22)20-15-6-5-13(17)8-14(15)18/h5-6,8,11-12H,3-4,7,9-10H2,1-2H3,(H2,19,20,22). The maximum absolute atomic E-state index is 13.5. The van der Waals surface area contributed by atoms with Crippen LogP contribution in [-0.4, -0.2) is 36.6 Å². The first-order valence-electron chi connectivity index (χ1n) is 7.69. The van der Waals surface area contributed by atoms with Crippen molar-refractivity contribution in [3.05, 3.63) is 29.8 Å². The number of nitrogens with zero attached hydrogens (tertiary/aromatic N) is 1. The van der Waals surface area contributed by atoms with Crippen molar-refractivity contribution in [2.75, 3.05) is 25.0 Å². The van der Waals surface area contributed by atoms with E-state index < -0.39 is 17.7 Å². The maximum atomic E-state index is 13.5. The van der Waals surface area contributed by atoms with Gasteiger partial charge in [0.15, 0.2) is 0 Å². The van der Waals surface area contributed by atoms with Crippen LogP contribution in [0.4, 0.5) is 19.3 Å². The zero-order valence-electron chi connectivity index (χ0n) is 13.0. The first-order chi connectivity index (χ1) is 10.5. The van der Waals surface area contributed by atoms with Gasteiger partial charge in [-0.15, -0.1) is 0 Å². The summed E-state index contributed by atoms with van der Waals surface area (Å²) in [4.78, 5) is 14.2. The Labute approximate surface area is 129 Å². The van der Waals surface area contributed by atoms with Crippen molar-refractivity contribution in [2.24, 2.45) is 5.92 Å². The Hall–Kier alpha value is -1.69. The number of piperidine rings is 1. The lowest BCUT2D eigenvalue weighted by Crippen LogP contribution is -2.44. The molecule has 1 aliphatic heterocycles. The molecule has 2 N–H and O–H groups in total. The highest BCUT2D eigenvalue weighted by atomic mass is 19.1. The average Bonchev–Trinajstić information content (AvgIpc) is 2.48. The van der Waals surface area contributed by atoms with Crippen molar-refractivity contribution < 1.29 is 13.6 Å². The van der Waals surface area contributed by atoms with E-state index in [-0.39, 0.29) is 5.69 Å². The fraction of sp³-hybridized carbons (Fsp3) is 0.562. The van der Waals surface area contributed by atoms with Gasteiger partial charge in [-0.3, -0.25) is 0 Å². The Morgan fingerprint density at radius 2 is 2.18 bits per heavy atom. The van der Waals surface area contributed by atoms with Gasteiger partial charge in [-0.1, -0.05) is 0 Å². The summed E-state index contributed by atoms with van der Waals surface area (Å²) in [7, 11) is 0. The number of amides is 2. The van der Waals surface area contributed by atoms with Crippen LogP contribution in [0.1, 0.15) is 26.7 Å². The van der Waals surface area contributed by atoms with E-state index in [0.717, 1.165) is 38.1 Å². The normalized spacial score (nSPS) is 19.2. The molecule has 1 heterocycles. The number of hydrogen-bond donors (Lipinski definition) is 2. The number of benzene rings is 1. The van der Waals surface area contributed by atoms with Crippen molar-refractivity contribution >= 4 is 11.7 Å². The van der Waals surface area contributed by atoms with Gasteiger partial charge in [0.1, 0.15) is 11.6 Å². The van der Waals surface area contributed by atoms with Gasteiger partial charge in [0.05, 0.1) is 5.69 Å². The summed E-state index contributed by atoms with van der Waals surface area (Å²) in [6.45, 7) is 6.95. The van der Waals surface area contributed by atoms with Gasteiger partial charge in [-0.2, -0.15) is 0 Å². The van der Waals surface area contributed by atoms with Crippen molar-refractivity contribution in [1.82, 2.24) is 10.2 Å². The van der Waals surface area contributed by atoms with E-state index in [1.807, 2.05) is 0 Å². The van der Waals surface area contributed by atoms with E-state index in [2.05, 4.69) is 29.4 Å². The fourth-order valence-electron chi connectivity index (χ4n) is 2.73. The van der Waals surface area contributed by atoms with Gasteiger partial charge >= 0.3 is 6.03 Å². The molecule has 1 fully saturated rings. The molecule has 0 radical (unpaired) electrons. The van der Waals surface area contributed by atoms with Gasteiger partial charge in [0.25, 0.3) is 0 Å². The molecule has 122 valence electrons. The zero-order chi connectivity index (χ0) is 16.1. The molecular formula is C16H23F2N3O. The molecule has 0 aromatic heterocycles. The Kier molecular flexibility index (Phi) is 5.71. The molecule has 0 bridgehead atoms. The molecule has 1 saturated heterocycles. The van der Waals surface area contributed by atoms with Gasteiger partial charge in [-0.25, -0.2) is 13.6 Å². The van der Waals surface area contributed by atoms with E-state index in [9.17, 15) is 13.6 Å². The Bertz CT molecular complexity index is 522.